The fraction of sp³-hybridized carbons (Fsp3) is 0.250. The Morgan fingerprint density at radius 2 is 1.52 bits per heavy atom. The molecule has 2 aromatic rings. The summed E-state index contributed by atoms with van der Waals surface area (Å²) in [5.41, 5.74) is 0.866. The molecule has 0 spiro atoms. The van der Waals surface area contributed by atoms with Crippen molar-refractivity contribution < 1.29 is 34.7 Å². The van der Waals surface area contributed by atoms with Crippen molar-refractivity contribution in [2.45, 2.75) is 12.0 Å². The number of benzene rings is 2. The van der Waals surface area contributed by atoms with E-state index >= 15 is 0 Å². The Balaban J connectivity index is 2.01. The van der Waals surface area contributed by atoms with Gasteiger partial charge in [0.25, 0.3) is 0 Å². The molecule has 1 aliphatic rings. The standard InChI is InChI=1S/C20H20O7/c1-26-16-7-10(3-5-12(16)21)18-14(23)9-15(24)19(18)20(25)11-4-6-13(22)17(8-11)27-2/h3-9,18-22,24-25H,1-2H3. The molecule has 3 rings (SSSR count). The summed E-state index contributed by atoms with van der Waals surface area (Å²) >= 11 is 0. The third kappa shape index (κ3) is 3.29. The predicted octanol–water partition coefficient (Wildman–Crippen LogP) is 2.57. The molecule has 2 aromatic carbocycles. The summed E-state index contributed by atoms with van der Waals surface area (Å²) in [6.07, 6.45) is -0.137. The summed E-state index contributed by atoms with van der Waals surface area (Å²) in [6.45, 7) is 0. The van der Waals surface area contributed by atoms with Crippen LogP contribution in [0.3, 0.4) is 0 Å². The Labute approximate surface area is 155 Å². The summed E-state index contributed by atoms with van der Waals surface area (Å²) in [6, 6.07) is 8.75. The number of ketones is 1. The first-order chi connectivity index (χ1) is 12.9. The average Bonchev–Trinajstić information content (AvgIpc) is 2.95. The minimum Gasteiger partial charge on any atom is -0.512 e. The van der Waals surface area contributed by atoms with Gasteiger partial charge in [0, 0.05) is 6.08 Å². The molecule has 0 bridgehead atoms. The highest BCUT2D eigenvalue weighted by Crippen LogP contribution is 2.46. The van der Waals surface area contributed by atoms with Crippen LogP contribution in [0.4, 0.5) is 0 Å². The van der Waals surface area contributed by atoms with Crippen LogP contribution in [-0.4, -0.2) is 40.4 Å². The number of phenols is 2. The summed E-state index contributed by atoms with van der Waals surface area (Å²) in [5, 5.41) is 40.7. The Bertz CT molecular complexity index is 903. The molecular formula is C20H20O7. The first-order valence-corrected chi connectivity index (χ1v) is 8.23. The number of carbonyl (C=O) groups excluding carboxylic acids is 1. The van der Waals surface area contributed by atoms with Crippen molar-refractivity contribution in [3.05, 3.63) is 59.4 Å². The minimum atomic E-state index is -1.23. The van der Waals surface area contributed by atoms with Gasteiger partial charge in [0.05, 0.1) is 32.2 Å². The van der Waals surface area contributed by atoms with E-state index in [1.165, 1.54) is 44.6 Å². The van der Waals surface area contributed by atoms with Crippen molar-refractivity contribution in [1.82, 2.24) is 0 Å². The minimum absolute atomic E-state index is 0.0794. The SMILES string of the molecule is COc1cc(C(O)C2C(O)=CC(=O)C2c2ccc(O)c(OC)c2)ccc1O. The summed E-state index contributed by atoms with van der Waals surface area (Å²) in [7, 11) is 2.77. The first-order valence-electron chi connectivity index (χ1n) is 8.23. The number of aliphatic hydroxyl groups is 2. The van der Waals surface area contributed by atoms with Gasteiger partial charge in [-0.15, -0.1) is 0 Å². The summed E-state index contributed by atoms with van der Waals surface area (Å²) in [5.74, 6) is -2.20. The second-order valence-corrected chi connectivity index (χ2v) is 6.28. The Morgan fingerprint density at radius 3 is 2.15 bits per heavy atom. The van der Waals surface area contributed by atoms with E-state index in [-0.39, 0.29) is 34.5 Å². The van der Waals surface area contributed by atoms with Gasteiger partial charge in [-0.05, 0) is 35.4 Å². The number of aliphatic hydroxyl groups excluding tert-OH is 2. The lowest BCUT2D eigenvalue weighted by molar-refractivity contribution is -0.116. The molecule has 0 fully saturated rings. The molecule has 0 aliphatic heterocycles. The maximum atomic E-state index is 12.5. The zero-order valence-corrected chi connectivity index (χ0v) is 14.8. The molecule has 0 heterocycles. The number of methoxy groups -OCH3 is 2. The third-order valence-corrected chi connectivity index (χ3v) is 4.75. The third-order valence-electron chi connectivity index (χ3n) is 4.75. The molecule has 0 amide bonds. The lowest BCUT2D eigenvalue weighted by Crippen LogP contribution is -2.22. The van der Waals surface area contributed by atoms with Gasteiger partial charge in [-0.25, -0.2) is 0 Å². The molecule has 0 saturated carbocycles. The number of carbonyl (C=O) groups is 1. The Kier molecular flexibility index (Phi) is 4.96. The van der Waals surface area contributed by atoms with Gasteiger partial charge in [0.1, 0.15) is 5.76 Å². The highest BCUT2D eigenvalue weighted by Gasteiger charge is 2.42. The molecule has 7 heteroatoms. The van der Waals surface area contributed by atoms with E-state index in [1.54, 1.807) is 6.07 Å². The van der Waals surface area contributed by atoms with Crippen LogP contribution in [0.25, 0.3) is 0 Å². The van der Waals surface area contributed by atoms with Crippen LogP contribution >= 0.6 is 0 Å². The van der Waals surface area contributed by atoms with Crippen LogP contribution < -0.4 is 9.47 Å². The summed E-state index contributed by atoms with van der Waals surface area (Å²) < 4.78 is 10.1. The monoisotopic (exact) mass is 372 g/mol. The number of hydrogen-bond donors (Lipinski definition) is 4. The number of allylic oxidation sites excluding steroid dienone is 1. The number of ether oxygens (including phenoxy) is 2. The number of rotatable bonds is 5. The van der Waals surface area contributed by atoms with Gasteiger partial charge in [0.2, 0.25) is 0 Å². The molecule has 0 saturated heterocycles. The van der Waals surface area contributed by atoms with Crippen LogP contribution in [0.5, 0.6) is 23.0 Å². The first kappa shape index (κ1) is 18.6. The largest absolute Gasteiger partial charge is 0.512 e. The zero-order chi connectivity index (χ0) is 19.7. The molecule has 7 nitrogen and oxygen atoms in total. The average molecular weight is 372 g/mol. The van der Waals surface area contributed by atoms with Crippen LogP contribution in [0.2, 0.25) is 0 Å². The highest BCUT2D eigenvalue weighted by atomic mass is 16.5. The van der Waals surface area contributed by atoms with Crippen LogP contribution in [0.1, 0.15) is 23.1 Å². The smallest absolute Gasteiger partial charge is 0.167 e. The quantitative estimate of drug-likeness (QED) is 0.637. The number of phenolic OH excluding ortho intramolecular Hbond substituents is 2. The molecule has 0 aromatic heterocycles. The van der Waals surface area contributed by atoms with Crippen LogP contribution in [0, 0.1) is 5.92 Å². The maximum Gasteiger partial charge on any atom is 0.167 e. The van der Waals surface area contributed by atoms with Gasteiger partial charge >= 0.3 is 0 Å². The van der Waals surface area contributed by atoms with Crippen molar-refractivity contribution in [2.24, 2.45) is 5.92 Å². The van der Waals surface area contributed by atoms with E-state index in [0.29, 0.717) is 11.1 Å². The highest BCUT2D eigenvalue weighted by molar-refractivity contribution is 5.99. The van der Waals surface area contributed by atoms with Gasteiger partial charge in [-0.2, -0.15) is 0 Å². The second kappa shape index (κ2) is 7.20. The molecule has 0 radical (unpaired) electrons. The van der Waals surface area contributed by atoms with Crippen molar-refractivity contribution in [3.8, 4) is 23.0 Å². The number of aromatic hydroxyl groups is 2. The topological polar surface area (TPSA) is 116 Å². The number of hydrogen-bond acceptors (Lipinski definition) is 7. The van der Waals surface area contributed by atoms with E-state index in [2.05, 4.69) is 0 Å². The Morgan fingerprint density at radius 1 is 0.926 bits per heavy atom. The van der Waals surface area contributed by atoms with Gasteiger partial charge in [0.15, 0.2) is 28.8 Å². The summed E-state index contributed by atoms with van der Waals surface area (Å²) in [4.78, 5) is 12.5. The molecule has 4 N–H and O–H groups in total. The predicted molar refractivity (Wildman–Crippen MR) is 96.2 cm³/mol. The molecule has 27 heavy (non-hydrogen) atoms. The van der Waals surface area contributed by atoms with Gasteiger partial charge in [-0.1, -0.05) is 12.1 Å². The van der Waals surface area contributed by atoms with Crippen molar-refractivity contribution in [3.63, 3.8) is 0 Å². The maximum absolute atomic E-state index is 12.5. The normalized spacial score (nSPS) is 20.3. The van der Waals surface area contributed by atoms with E-state index in [4.69, 9.17) is 9.47 Å². The van der Waals surface area contributed by atoms with E-state index in [0.717, 1.165) is 6.08 Å². The molecule has 1 aliphatic carbocycles. The van der Waals surface area contributed by atoms with Crippen LogP contribution in [0.15, 0.2) is 48.2 Å². The second-order valence-electron chi connectivity index (χ2n) is 6.28. The van der Waals surface area contributed by atoms with Gasteiger partial charge < -0.3 is 29.9 Å². The Hall–Kier alpha value is -3.19. The molecular weight excluding hydrogens is 352 g/mol. The van der Waals surface area contributed by atoms with Gasteiger partial charge in [-0.3, -0.25) is 4.79 Å². The van der Waals surface area contributed by atoms with Crippen molar-refractivity contribution in [1.29, 1.82) is 0 Å². The van der Waals surface area contributed by atoms with Crippen molar-refractivity contribution >= 4 is 5.78 Å². The molecule has 142 valence electrons. The zero-order valence-electron chi connectivity index (χ0n) is 14.8. The fourth-order valence-electron chi connectivity index (χ4n) is 3.37. The van der Waals surface area contributed by atoms with E-state index in [9.17, 15) is 25.2 Å². The van der Waals surface area contributed by atoms with E-state index < -0.39 is 17.9 Å². The fourth-order valence-corrected chi connectivity index (χ4v) is 3.37. The molecule has 3 atom stereocenters. The van der Waals surface area contributed by atoms with E-state index in [1.807, 2.05) is 0 Å². The van der Waals surface area contributed by atoms with Crippen molar-refractivity contribution in [2.75, 3.05) is 14.2 Å². The van der Waals surface area contributed by atoms with Crippen LogP contribution in [-0.2, 0) is 4.79 Å². The lowest BCUT2D eigenvalue weighted by Gasteiger charge is -2.26. The lowest BCUT2D eigenvalue weighted by atomic mass is 9.81. The molecule has 3 unspecified atom stereocenters.